The van der Waals surface area contributed by atoms with Gasteiger partial charge in [-0.3, -0.25) is 4.99 Å². The van der Waals surface area contributed by atoms with Crippen LogP contribution in [0, 0.1) is 0 Å². The predicted octanol–water partition coefficient (Wildman–Crippen LogP) is 3.91. The Balaban J connectivity index is 1.31. The van der Waals surface area contributed by atoms with E-state index in [-0.39, 0.29) is 0 Å². The topological polar surface area (TPSA) is 101 Å². The van der Waals surface area contributed by atoms with Gasteiger partial charge in [-0.25, -0.2) is 4.98 Å². The van der Waals surface area contributed by atoms with Crippen molar-refractivity contribution in [1.29, 1.82) is 0 Å². The van der Waals surface area contributed by atoms with Gasteiger partial charge in [-0.05, 0) is 24.3 Å². The van der Waals surface area contributed by atoms with Crippen LogP contribution in [0.4, 0.5) is 0 Å². The van der Waals surface area contributed by atoms with Crippen molar-refractivity contribution in [3.63, 3.8) is 0 Å². The summed E-state index contributed by atoms with van der Waals surface area (Å²) >= 11 is 6.01. The molecule has 9 heteroatoms. The SMILES string of the molecule is CN=C(NCc1coc(-c2ccccc2)n1)NCc1nc(-c2cccc(Cl)c2)no1. The first-order chi connectivity index (χ1) is 14.7. The fraction of sp³-hybridized carbons (Fsp3) is 0.143. The Morgan fingerprint density at radius 2 is 1.80 bits per heavy atom. The van der Waals surface area contributed by atoms with E-state index in [1.807, 2.05) is 42.5 Å². The summed E-state index contributed by atoms with van der Waals surface area (Å²) in [6.45, 7) is 0.773. The molecule has 4 rings (SSSR count). The van der Waals surface area contributed by atoms with E-state index in [1.54, 1.807) is 25.4 Å². The maximum Gasteiger partial charge on any atom is 0.246 e. The van der Waals surface area contributed by atoms with Crippen LogP contribution in [0.2, 0.25) is 5.02 Å². The monoisotopic (exact) mass is 422 g/mol. The largest absolute Gasteiger partial charge is 0.444 e. The molecule has 0 saturated heterocycles. The molecule has 2 N–H and O–H groups in total. The lowest BCUT2D eigenvalue weighted by atomic mass is 10.2. The molecule has 0 spiro atoms. The van der Waals surface area contributed by atoms with Gasteiger partial charge >= 0.3 is 0 Å². The van der Waals surface area contributed by atoms with Crippen LogP contribution in [-0.2, 0) is 13.1 Å². The second-order valence-electron chi connectivity index (χ2n) is 6.31. The van der Waals surface area contributed by atoms with E-state index in [2.05, 4.69) is 30.8 Å². The molecule has 4 aromatic rings. The van der Waals surface area contributed by atoms with Crippen molar-refractivity contribution in [1.82, 2.24) is 25.8 Å². The number of aliphatic imine (C=N–C) groups is 1. The number of hydrogen-bond acceptors (Lipinski definition) is 6. The van der Waals surface area contributed by atoms with Gasteiger partial charge in [-0.2, -0.15) is 4.98 Å². The lowest BCUT2D eigenvalue weighted by molar-refractivity contribution is 0.375. The summed E-state index contributed by atoms with van der Waals surface area (Å²) in [4.78, 5) is 13.0. The van der Waals surface area contributed by atoms with Crippen molar-refractivity contribution in [2.24, 2.45) is 4.99 Å². The van der Waals surface area contributed by atoms with Crippen LogP contribution >= 0.6 is 11.6 Å². The highest BCUT2D eigenvalue weighted by atomic mass is 35.5. The van der Waals surface area contributed by atoms with Gasteiger partial charge in [0, 0.05) is 23.2 Å². The third-order valence-corrected chi connectivity index (χ3v) is 4.43. The lowest BCUT2D eigenvalue weighted by Gasteiger charge is -2.08. The maximum atomic E-state index is 6.01. The highest BCUT2D eigenvalue weighted by Gasteiger charge is 2.10. The molecule has 0 radical (unpaired) electrons. The maximum absolute atomic E-state index is 6.01. The first-order valence-electron chi connectivity index (χ1n) is 9.24. The molecule has 2 aromatic carbocycles. The van der Waals surface area contributed by atoms with Crippen LogP contribution in [0.25, 0.3) is 22.8 Å². The van der Waals surface area contributed by atoms with Crippen LogP contribution in [0.5, 0.6) is 0 Å². The van der Waals surface area contributed by atoms with Gasteiger partial charge in [0.15, 0.2) is 5.96 Å². The average Bonchev–Trinajstić information content (AvgIpc) is 3.44. The van der Waals surface area contributed by atoms with Crippen molar-refractivity contribution in [3.8, 4) is 22.8 Å². The first kappa shape index (κ1) is 19.7. The molecular weight excluding hydrogens is 404 g/mol. The standard InChI is InChI=1S/C21H19ClN6O2/c1-23-21(24-11-17-13-29-20(26-17)14-6-3-2-4-7-14)25-12-18-27-19(28-30-18)15-8-5-9-16(22)10-15/h2-10,13H,11-12H2,1H3,(H2,23,24,25). The van der Waals surface area contributed by atoms with E-state index in [9.17, 15) is 0 Å². The van der Waals surface area contributed by atoms with Crippen LogP contribution < -0.4 is 10.6 Å². The smallest absolute Gasteiger partial charge is 0.246 e. The summed E-state index contributed by atoms with van der Waals surface area (Å²) in [6.07, 6.45) is 1.62. The Kier molecular flexibility index (Phi) is 6.05. The molecule has 2 aromatic heterocycles. The normalized spacial score (nSPS) is 11.5. The van der Waals surface area contributed by atoms with E-state index < -0.39 is 0 Å². The van der Waals surface area contributed by atoms with Gasteiger partial charge in [0.25, 0.3) is 0 Å². The Morgan fingerprint density at radius 3 is 2.60 bits per heavy atom. The summed E-state index contributed by atoms with van der Waals surface area (Å²) in [5.74, 6) is 2.06. The highest BCUT2D eigenvalue weighted by molar-refractivity contribution is 6.30. The van der Waals surface area contributed by atoms with Crippen molar-refractivity contribution < 1.29 is 8.94 Å². The quantitative estimate of drug-likeness (QED) is 0.358. The minimum Gasteiger partial charge on any atom is -0.444 e. The number of aromatic nitrogens is 3. The second kappa shape index (κ2) is 9.23. The zero-order valence-electron chi connectivity index (χ0n) is 16.2. The third-order valence-electron chi connectivity index (χ3n) is 4.19. The number of rotatable bonds is 6. The molecule has 0 aliphatic rings. The molecule has 152 valence electrons. The van der Waals surface area contributed by atoms with E-state index in [0.717, 1.165) is 16.8 Å². The molecule has 2 heterocycles. The second-order valence-corrected chi connectivity index (χ2v) is 6.75. The molecular formula is C21H19ClN6O2. The van der Waals surface area contributed by atoms with Crippen LogP contribution in [0.15, 0.2) is 74.8 Å². The van der Waals surface area contributed by atoms with Crippen LogP contribution in [-0.4, -0.2) is 28.1 Å². The van der Waals surface area contributed by atoms with Crippen molar-refractivity contribution in [2.45, 2.75) is 13.1 Å². The number of benzene rings is 2. The molecule has 0 saturated carbocycles. The molecule has 0 fully saturated rings. The number of guanidine groups is 1. The zero-order valence-corrected chi connectivity index (χ0v) is 16.9. The third kappa shape index (κ3) is 4.84. The van der Waals surface area contributed by atoms with Gasteiger partial charge < -0.3 is 19.6 Å². The van der Waals surface area contributed by atoms with Gasteiger partial charge in [-0.15, -0.1) is 0 Å². The minimum atomic E-state index is 0.321. The number of nitrogens with one attached hydrogen (secondary N) is 2. The molecule has 30 heavy (non-hydrogen) atoms. The fourth-order valence-electron chi connectivity index (χ4n) is 2.73. The van der Waals surface area contributed by atoms with Crippen molar-refractivity contribution >= 4 is 17.6 Å². The number of nitrogens with zero attached hydrogens (tertiary/aromatic N) is 4. The molecule has 0 aliphatic carbocycles. The van der Waals surface area contributed by atoms with Gasteiger partial charge in [-0.1, -0.05) is 47.1 Å². The number of oxazole rings is 1. The first-order valence-corrected chi connectivity index (χ1v) is 9.62. The van der Waals surface area contributed by atoms with E-state index in [4.69, 9.17) is 20.5 Å². The van der Waals surface area contributed by atoms with Crippen LogP contribution in [0.1, 0.15) is 11.6 Å². The van der Waals surface area contributed by atoms with Gasteiger partial charge in [0.05, 0.1) is 18.8 Å². The molecule has 0 atom stereocenters. The number of hydrogen-bond donors (Lipinski definition) is 2. The average molecular weight is 423 g/mol. The summed E-state index contributed by atoms with van der Waals surface area (Å²) < 4.78 is 10.8. The fourth-order valence-corrected chi connectivity index (χ4v) is 2.92. The zero-order chi connectivity index (χ0) is 20.8. The molecule has 8 nitrogen and oxygen atoms in total. The predicted molar refractivity (Wildman–Crippen MR) is 114 cm³/mol. The summed E-state index contributed by atoms with van der Waals surface area (Å²) in [5, 5.41) is 10.9. The van der Waals surface area contributed by atoms with Crippen LogP contribution in [0.3, 0.4) is 0 Å². The van der Waals surface area contributed by atoms with Crippen molar-refractivity contribution in [3.05, 3.63) is 77.5 Å². The molecule has 0 bridgehead atoms. The Bertz CT molecular complexity index is 1140. The van der Waals surface area contributed by atoms with E-state index in [0.29, 0.717) is 41.7 Å². The molecule has 0 aliphatic heterocycles. The molecule has 0 unspecified atom stereocenters. The van der Waals surface area contributed by atoms with Gasteiger partial charge in [0.1, 0.15) is 6.26 Å². The minimum absolute atomic E-state index is 0.321. The lowest BCUT2D eigenvalue weighted by Crippen LogP contribution is -2.36. The highest BCUT2D eigenvalue weighted by Crippen LogP contribution is 2.20. The molecule has 0 amide bonds. The van der Waals surface area contributed by atoms with E-state index in [1.165, 1.54) is 0 Å². The Labute approximate surface area is 178 Å². The van der Waals surface area contributed by atoms with E-state index >= 15 is 0 Å². The van der Waals surface area contributed by atoms with Crippen molar-refractivity contribution in [2.75, 3.05) is 7.05 Å². The number of halogens is 1. The van der Waals surface area contributed by atoms with Gasteiger partial charge in [0.2, 0.25) is 17.6 Å². The summed E-state index contributed by atoms with van der Waals surface area (Å²) in [6, 6.07) is 17.0. The Hall–Kier alpha value is -3.65. The summed E-state index contributed by atoms with van der Waals surface area (Å²) in [7, 11) is 1.68. The Morgan fingerprint density at radius 1 is 1.00 bits per heavy atom. The summed E-state index contributed by atoms with van der Waals surface area (Å²) in [5.41, 5.74) is 2.48.